The van der Waals surface area contributed by atoms with Crippen LogP contribution >= 0.6 is 22.7 Å². The number of fused-ring (bicyclic) bond motifs is 2. The first kappa shape index (κ1) is 21.8. The maximum Gasteiger partial charge on any atom is 0.257 e. The zero-order valence-corrected chi connectivity index (χ0v) is 20.0. The third kappa shape index (κ3) is 4.18. The van der Waals surface area contributed by atoms with Crippen LogP contribution in [0.2, 0.25) is 0 Å². The first-order chi connectivity index (χ1) is 16.0. The topological polar surface area (TPSA) is 85.1 Å². The molecule has 1 aliphatic rings. The lowest BCUT2D eigenvalue weighted by atomic mass is 9.84. The minimum absolute atomic E-state index is 0.252. The first-order valence-corrected chi connectivity index (χ1v) is 12.9. The summed E-state index contributed by atoms with van der Waals surface area (Å²) < 4.78 is 0. The molecule has 5 nitrogen and oxygen atoms in total. The van der Waals surface area contributed by atoms with E-state index in [9.17, 15) is 9.59 Å². The van der Waals surface area contributed by atoms with Gasteiger partial charge < -0.3 is 11.1 Å². The molecule has 2 amide bonds. The number of nitrogens with two attached hydrogens (primary N) is 1. The van der Waals surface area contributed by atoms with Gasteiger partial charge in [0.1, 0.15) is 5.00 Å². The van der Waals surface area contributed by atoms with Crippen LogP contribution in [0.5, 0.6) is 0 Å². The summed E-state index contributed by atoms with van der Waals surface area (Å²) in [5.41, 5.74) is 9.34. The molecule has 0 spiro atoms. The van der Waals surface area contributed by atoms with E-state index in [1.165, 1.54) is 22.6 Å². The Labute approximate surface area is 200 Å². The number of aromatic nitrogens is 1. The second kappa shape index (κ2) is 9.08. The summed E-state index contributed by atoms with van der Waals surface area (Å²) in [6.07, 6.45) is 5.18. The Balaban J connectivity index is 1.54. The predicted molar refractivity (Wildman–Crippen MR) is 136 cm³/mol. The molecule has 5 rings (SSSR count). The molecular formula is C26H25N3O2S2. The quantitative estimate of drug-likeness (QED) is 0.344. The molecule has 0 aliphatic heterocycles. The summed E-state index contributed by atoms with van der Waals surface area (Å²) in [5.74, 6) is -0.101. The number of benzene rings is 1. The second-order valence-electron chi connectivity index (χ2n) is 8.47. The molecule has 0 saturated carbocycles. The fourth-order valence-corrected chi connectivity index (χ4v) is 6.79. The highest BCUT2D eigenvalue weighted by molar-refractivity contribution is 7.17. The van der Waals surface area contributed by atoms with Crippen molar-refractivity contribution in [2.45, 2.75) is 39.0 Å². The smallest absolute Gasteiger partial charge is 0.257 e. The van der Waals surface area contributed by atoms with Crippen LogP contribution in [-0.2, 0) is 12.8 Å². The number of primary amides is 1. The third-order valence-electron chi connectivity index (χ3n) is 6.27. The fourth-order valence-electron chi connectivity index (χ4n) is 4.74. The third-order valence-corrected chi connectivity index (χ3v) is 8.33. The Morgan fingerprint density at radius 1 is 1.21 bits per heavy atom. The fraction of sp³-hybridized carbons (Fsp3) is 0.269. The lowest BCUT2D eigenvalue weighted by Gasteiger charge is -2.21. The number of thiophene rings is 2. The van der Waals surface area contributed by atoms with Gasteiger partial charge in [-0.05, 0) is 54.3 Å². The Bertz CT molecular complexity index is 1340. The van der Waals surface area contributed by atoms with E-state index in [4.69, 9.17) is 10.7 Å². The van der Waals surface area contributed by atoms with Gasteiger partial charge in [-0.25, -0.2) is 4.98 Å². The van der Waals surface area contributed by atoms with Gasteiger partial charge in [-0.2, -0.15) is 0 Å². The Kier molecular flexibility index (Phi) is 6.00. The summed E-state index contributed by atoms with van der Waals surface area (Å²) in [4.78, 5) is 32.8. The summed E-state index contributed by atoms with van der Waals surface area (Å²) in [6.45, 7) is 2.20. The van der Waals surface area contributed by atoms with Crippen molar-refractivity contribution < 1.29 is 9.59 Å². The van der Waals surface area contributed by atoms with Crippen molar-refractivity contribution in [2.24, 2.45) is 11.7 Å². The van der Waals surface area contributed by atoms with E-state index in [0.29, 0.717) is 22.0 Å². The van der Waals surface area contributed by atoms with E-state index >= 15 is 0 Å². The molecule has 1 aromatic carbocycles. The molecule has 0 radical (unpaired) electrons. The van der Waals surface area contributed by atoms with Crippen LogP contribution in [-0.4, -0.2) is 16.8 Å². The molecule has 3 aromatic heterocycles. The highest BCUT2D eigenvalue weighted by Gasteiger charge is 2.29. The monoisotopic (exact) mass is 475 g/mol. The van der Waals surface area contributed by atoms with Crippen LogP contribution in [0.25, 0.3) is 21.5 Å². The van der Waals surface area contributed by atoms with Crippen LogP contribution < -0.4 is 11.1 Å². The van der Waals surface area contributed by atoms with Crippen molar-refractivity contribution in [3.63, 3.8) is 0 Å². The lowest BCUT2D eigenvalue weighted by molar-refractivity contribution is 0.1000. The number of anilines is 1. The number of nitrogens with zero attached hydrogens (tertiary/aromatic N) is 1. The van der Waals surface area contributed by atoms with Gasteiger partial charge in [-0.15, -0.1) is 22.7 Å². The summed E-state index contributed by atoms with van der Waals surface area (Å²) in [6, 6.07) is 13.4. The molecule has 33 heavy (non-hydrogen) atoms. The van der Waals surface area contributed by atoms with Gasteiger partial charge in [0.15, 0.2) is 0 Å². The molecule has 0 unspecified atom stereocenters. The van der Waals surface area contributed by atoms with Gasteiger partial charge >= 0.3 is 0 Å². The van der Waals surface area contributed by atoms with Gasteiger partial charge in [-0.3, -0.25) is 9.59 Å². The van der Waals surface area contributed by atoms with Crippen molar-refractivity contribution in [1.82, 2.24) is 4.98 Å². The van der Waals surface area contributed by atoms with Crippen LogP contribution in [0.3, 0.4) is 0 Å². The molecule has 4 aromatic rings. The Hall–Kier alpha value is -3.03. The van der Waals surface area contributed by atoms with Crippen LogP contribution in [0.1, 0.15) is 57.3 Å². The molecule has 0 saturated heterocycles. The standard InChI is InChI=1S/C26H25N3O2S2/c1-2-6-15-10-11-17-22(13-15)33-26(23(17)24(27)30)29-25(31)18-14-20(21-9-5-12-32-21)28-19-8-4-3-7-16(18)19/h3-5,7-9,12,14-15H,2,6,10-11,13H2,1H3,(H2,27,30)(H,29,31)/t15-/m0/s1. The van der Waals surface area contributed by atoms with Crippen molar-refractivity contribution in [3.8, 4) is 10.6 Å². The van der Waals surface area contributed by atoms with Gasteiger partial charge in [0, 0.05) is 10.3 Å². The molecule has 0 bridgehead atoms. The normalized spacial score (nSPS) is 15.4. The lowest BCUT2D eigenvalue weighted by Crippen LogP contribution is -2.20. The van der Waals surface area contributed by atoms with Gasteiger partial charge in [-0.1, -0.05) is 44.0 Å². The van der Waals surface area contributed by atoms with E-state index in [1.54, 1.807) is 11.3 Å². The van der Waals surface area contributed by atoms with E-state index in [1.807, 2.05) is 47.8 Å². The minimum atomic E-state index is -0.476. The number of rotatable bonds is 6. The van der Waals surface area contributed by atoms with E-state index in [2.05, 4.69) is 12.2 Å². The number of hydrogen-bond acceptors (Lipinski definition) is 5. The molecule has 7 heteroatoms. The molecule has 1 atom stereocenters. The summed E-state index contributed by atoms with van der Waals surface area (Å²) in [7, 11) is 0. The van der Waals surface area contributed by atoms with Crippen molar-refractivity contribution >= 4 is 50.4 Å². The zero-order valence-electron chi connectivity index (χ0n) is 18.4. The molecule has 1 aliphatic carbocycles. The predicted octanol–water partition coefficient (Wildman–Crippen LogP) is 6.28. The van der Waals surface area contributed by atoms with Crippen LogP contribution in [0, 0.1) is 5.92 Å². The van der Waals surface area contributed by atoms with E-state index in [-0.39, 0.29) is 5.91 Å². The van der Waals surface area contributed by atoms with Gasteiger partial charge in [0.2, 0.25) is 0 Å². The molecule has 0 fully saturated rings. The number of para-hydroxylation sites is 1. The average Bonchev–Trinajstić information content (AvgIpc) is 3.46. The molecular weight excluding hydrogens is 450 g/mol. The van der Waals surface area contributed by atoms with E-state index < -0.39 is 5.91 Å². The van der Waals surface area contributed by atoms with Crippen LogP contribution in [0.15, 0.2) is 47.8 Å². The maximum atomic E-state index is 13.5. The Morgan fingerprint density at radius 2 is 2.06 bits per heavy atom. The second-order valence-corrected chi connectivity index (χ2v) is 10.5. The minimum Gasteiger partial charge on any atom is -0.365 e. The molecule has 3 N–H and O–H groups in total. The number of nitrogens with one attached hydrogen (secondary N) is 1. The van der Waals surface area contributed by atoms with Crippen molar-refractivity contribution in [1.29, 1.82) is 0 Å². The zero-order chi connectivity index (χ0) is 22.9. The maximum absolute atomic E-state index is 13.5. The molecule has 168 valence electrons. The van der Waals surface area contributed by atoms with Crippen LogP contribution in [0.4, 0.5) is 5.00 Å². The number of pyridine rings is 1. The summed E-state index contributed by atoms with van der Waals surface area (Å²) in [5, 5.41) is 6.37. The van der Waals surface area contributed by atoms with Crippen molar-refractivity contribution in [3.05, 3.63) is 69.4 Å². The largest absolute Gasteiger partial charge is 0.365 e. The van der Waals surface area contributed by atoms with Crippen molar-refractivity contribution in [2.75, 3.05) is 5.32 Å². The first-order valence-electron chi connectivity index (χ1n) is 11.2. The average molecular weight is 476 g/mol. The van der Waals surface area contributed by atoms with Gasteiger partial charge in [0.05, 0.1) is 27.2 Å². The molecule has 3 heterocycles. The SMILES string of the molecule is CCC[C@H]1CCc2c(sc(NC(=O)c3cc(-c4cccs4)nc4ccccc34)c2C(N)=O)C1. The van der Waals surface area contributed by atoms with Gasteiger partial charge in [0.25, 0.3) is 11.8 Å². The number of carbonyl (C=O) groups is 2. The number of amides is 2. The highest BCUT2D eigenvalue weighted by atomic mass is 32.1. The van der Waals surface area contributed by atoms with E-state index in [0.717, 1.165) is 52.7 Å². The summed E-state index contributed by atoms with van der Waals surface area (Å²) >= 11 is 3.09. The number of carbonyl (C=O) groups excluding carboxylic acids is 2. The highest BCUT2D eigenvalue weighted by Crippen LogP contribution is 2.41. The Morgan fingerprint density at radius 3 is 2.82 bits per heavy atom. The number of hydrogen-bond donors (Lipinski definition) is 2.